The van der Waals surface area contributed by atoms with Gasteiger partial charge in [0.25, 0.3) is 11.7 Å². The number of amides is 1. The molecule has 188 valence electrons. The SMILES string of the molecule is COc1ccc2[nH]cc(CCN3C(=O)C(=O)C(=C(O)c4ccc(Cl)cc4Cl)[C@H]3c3ccc(Br)cc3)c2c1. The number of hydrogen-bond acceptors (Lipinski definition) is 4. The van der Waals surface area contributed by atoms with Crippen molar-refractivity contribution in [2.45, 2.75) is 12.5 Å². The second kappa shape index (κ2) is 10.2. The Balaban J connectivity index is 1.57. The number of benzene rings is 3. The second-order valence-corrected chi connectivity index (χ2v) is 10.4. The molecule has 0 bridgehead atoms. The Labute approximate surface area is 231 Å². The van der Waals surface area contributed by atoms with Gasteiger partial charge in [-0.25, -0.2) is 0 Å². The number of halogens is 3. The first kappa shape index (κ1) is 25.4. The summed E-state index contributed by atoms with van der Waals surface area (Å²) in [5, 5.41) is 12.8. The minimum atomic E-state index is -0.792. The molecular formula is C28H21BrCl2N2O4. The van der Waals surface area contributed by atoms with Gasteiger partial charge in [0.2, 0.25) is 0 Å². The number of H-pyrrole nitrogens is 1. The summed E-state index contributed by atoms with van der Waals surface area (Å²) in [4.78, 5) is 31.3. The maximum absolute atomic E-state index is 13.3. The van der Waals surface area contributed by atoms with E-state index in [4.69, 9.17) is 27.9 Å². The molecule has 0 aliphatic carbocycles. The molecule has 2 heterocycles. The van der Waals surface area contributed by atoms with Crippen molar-refractivity contribution in [1.82, 2.24) is 9.88 Å². The van der Waals surface area contributed by atoms with Crippen molar-refractivity contribution in [3.63, 3.8) is 0 Å². The number of methoxy groups -OCH3 is 1. The van der Waals surface area contributed by atoms with E-state index < -0.39 is 17.7 Å². The number of aromatic amines is 1. The number of rotatable bonds is 6. The van der Waals surface area contributed by atoms with Gasteiger partial charge in [0.05, 0.1) is 23.7 Å². The molecule has 1 atom stereocenters. The monoisotopic (exact) mass is 598 g/mol. The zero-order valence-electron chi connectivity index (χ0n) is 19.6. The van der Waals surface area contributed by atoms with E-state index in [9.17, 15) is 14.7 Å². The smallest absolute Gasteiger partial charge is 0.295 e. The van der Waals surface area contributed by atoms with Crippen molar-refractivity contribution in [2.75, 3.05) is 13.7 Å². The van der Waals surface area contributed by atoms with Crippen molar-refractivity contribution < 1.29 is 19.4 Å². The van der Waals surface area contributed by atoms with Gasteiger partial charge in [-0.2, -0.15) is 0 Å². The molecule has 0 saturated carbocycles. The standard InChI is InChI=1S/C28H21BrCl2N2O4/c1-37-19-7-9-23-21(13-19)16(14-32-23)10-11-33-25(15-2-4-17(29)5-3-15)24(27(35)28(33)36)26(34)20-8-6-18(30)12-22(20)31/h2-9,12-14,25,32,34H,10-11H2,1H3/t25-/m1/s1. The average molecular weight is 600 g/mol. The van der Waals surface area contributed by atoms with Crippen molar-refractivity contribution in [3.8, 4) is 5.75 Å². The van der Waals surface area contributed by atoms with Crippen LogP contribution in [0, 0.1) is 0 Å². The molecule has 5 rings (SSSR count). The molecule has 9 heteroatoms. The Kier molecular flexibility index (Phi) is 7.03. The summed E-state index contributed by atoms with van der Waals surface area (Å²) in [7, 11) is 1.61. The molecule has 1 saturated heterocycles. The summed E-state index contributed by atoms with van der Waals surface area (Å²) < 4.78 is 6.21. The summed E-state index contributed by atoms with van der Waals surface area (Å²) in [6.07, 6.45) is 2.37. The third-order valence-corrected chi connectivity index (χ3v) is 7.59. The van der Waals surface area contributed by atoms with Gasteiger partial charge in [0.1, 0.15) is 11.5 Å². The van der Waals surface area contributed by atoms with Crippen molar-refractivity contribution >= 4 is 67.5 Å². The number of carbonyl (C=O) groups excluding carboxylic acids is 2. The molecule has 0 unspecified atom stereocenters. The number of ether oxygens (including phenoxy) is 1. The van der Waals surface area contributed by atoms with E-state index >= 15 is 0 Å². The molecule has 4 aromatic rings. The van der Waals surface area contributed by atoms with Gasteiger partial charge >= 0.3 is 0 Å². The van der Waals surface area contributed by atoms with Crippen molar-refractivity contribution in [2.24, 2.45) is 0 Å². The molecule has 3 aromatic carbocycles. The van der Waals surface area contributed by atoms with E-state index in [1.165, 1.54) is 17.0 Å². The largest absolute Gasteiger partial charge is 0.507 e. The average Bonchev–Trinajstić information content (AvgIpc) is 3.40. The van der Waals surface area contributed by atoms with Crippen LogP contribution in [-0.2, 0) is 16.0 Å². The Bertz CT molecular complexity index is 1560. The van der Waals surface area contributed by atoms with Crippen LogP contribution >= 0.6 is 39.1 Å². The number of aliphatic hydroxyl groups excluding tert-OH is 1. The molecule has 0 radical (unpaired) electrons. The first-order valence-corrected chi connectivity index (χ1v) is 13.0. The lowest BCUT2D eigenvalue weighted by Crippen LogP contribution is -2.31. The first-order chi connectivity index (χ1) is 17.8. The predicted octanol–water partition coefficient (Wildman–Crippen LogP) is 6.91. The highest BCUT2D eigenvalue weighted by Crippen LogP contribution is 2.41. The lowest BCUT2D eigenvalue weighted by Gasteiger charge is -2.25. The highest BCUT2D eigenvalue weighted by molar-refractivity contribution is 9.10. The van der Waals surface area contributed by atoms with Crippen LogP contribution < -0.4 is 4.74 Å². The van der Waals surface area contributed by atoms with Crippen LogP contribution in [0.15, 0.2) is 76.9 Å². The molecule has 1 aliphatic rings. The van der Waals surface area contributed by atoms with Crippen LogP contribution in [0.2, 0.25) is 10.0 Å². The Hall–Kier alpha value is -3.26. The maximum atomic E-state index is 13.3. The first-order valence-electron chi connectivity index (χ1n) is 11.4. The third kappa shape index (κ3) is 4.75. The predicted molar refractivity (Wildman–Crippen MR) is 148 cm³/mol. The minimum Gasteiger partial charge on any atom is -0.507 e. The second-order valence-electron chi connectivity index (χ2n) is 8.64. The molecule has 37 heavy (non-hydrogen) atoms. The van der Waals surface area contributed by atoms with E-state index in [1.54, 1.807) is 13.2 Å². The van der Waals surface area contributed by atoms with E-state index in [0.717, 1.165) is 26.7 Å². The number of aromatic nitrogens is 1. The summed E-state index contributed by atoms with van der Waals surface area (Å²) in [6.45, 7) is 0.251. The van der Waals surface area contributed by atoms with Crippen molar-refractivity contribution in [3.05, 3.63) is 104 Å². The molecule has 0 spiro atoms. The normalized spacial score (nSPS) is 17.1. The van der Waals surface area contributed by atoms with E-state index in [2.05, 4.69) is 20.9 Å². The van der Waals surface area contributed by atoms with Gasteiger partial charge in [-0.15, -0.1) is 0 Å². The summed E-state index contributed by atoms with van der Waals surface area (Å²) in [5.74, 6) is -1.07. The van der Waals surface area contributed by atoms with Crippen LogP contribution in [-0.4, -0.2) is 40.3 Å². The molecule has 2 N–H and O–H groups in total. The number of carbonyl (C=O) groups is 2. The topological polar surface area (TPSA) is 82.6 Å². The number of aliphatic hydroxyl groups is 1. The lowest BCUT2D eigenvalue weighted by molar-refractivity contribution is -0.139. The van der Waals surface area contributed by atoms with Gasteiger partial charge < -0.3 is 19.7 Å². The van der Waals surface area contributed by atoms with Gasteiger partial charge in [-0.05, 0) is 66.1 Å². The minimum absolute atomic E-state index is 0.0165. The number of nitrogens with one attached hydrogen (secondary N) is 1. The van der Waals surface area contributed by atoms with Crippen LogP contribution in [0.1, 0.15) is 22.7 Å². The number of ketones is 1. The number of Topliss-reactive ketones (excluding diaryl/α,β-unsaturated/α-hetero) is 1. The fourth-order valence-corrected chi connectivity index (χ4v) is 5.42. The summed E-state index contributed by atoms with van der Waals surface area (Å²) >= 11 is 15.8. The van der Waals surface area contributed by atoms with Gasteiger partial charge in [0.15, 0.2) is 0 Å². The molecule has 1 amide bonds. The Morgan fingerprint density at radius 2 is 1.84 bits per heavy atom. The molecular weight excluding hydrogens is 579 g/mol. The van der Waals surface area contributed by atoms with Gasteiger partial charge in [0, 0.05) is 38.7 Å². The highest BCUT2D eigenvalue weighted by atomic mass is 79.9. The fraction of sp³-hybridized carbons (Fsp3) is 0.143. The lowest BCUT2D eigenvalue weighted by atomic mass is 9.95. The zero-order chi connectivity index (χ0) is 26.3. The molecule has 1 aliphatic heterocycles. The van der Waals surface area contributed by atoms with Crippen molar-refractivity contribution in [1.29, 1.82) is 0 Å². The quantitative estimate of drug-likeness (QED) is 0.143. The van der Waals surface area contributed by atoms with E-state index in [1.807, 2.05) is 48.7 Å². The van der Waals surface area contributed by atoms with E-state index in [-0.39, 0.29) is 28.5 Å². The fourth-order valence-electron chi connectivity index (χ4n) is 4.66. The summed E-state index contributed by atoms with van der Waals surface area (Å²) in [6, 6.07) is 16.8. The Morgan fingerprint density at radius 3 is 2.54 bits per heavy atom. The number of hydrogen-bond donors (Lipinski definition) is 2. The molecule has 1 aromatic heterocycles. The number of fused-ring (bicyclic) bond motifs is 1. The van der Waals surface area contributed by atoms with Gasteiger partial charge in [-0.3, -0.25) is 9.59 Å². The summed E-state index contributed by atoms with van der Waals surface area (Å²) in [5.41, 5.74) is 2.83. The van der Waals surface area contributed by atoms with Crippen LogP contribution in [0.4, 0.5) is 0 Å². The molecule has 1 fully saturated rings. The number of nitrogens with zero attached hydrogens (tertiary/aromatic N) is 1. The zero-order valence-corrected chi connectivity index (χ0v) is 22.7. The highest BCUT2D eigenvalue weighted by Gasteiger charge is 2.46. The van der Waals surface area contributed by atoms with Crippen LogP contribution in [0.25, 0.3) is 16.7 Å². The third-order valence-electron chi connectivity index (χ3n) is 6.51. The molecule has 6 nitrogen and oxygen atoms in total. The number of likely N-dealkylation sites (tertiary alicyclic amines) is 1. The van der Waals surface area contributed by atoms with Crippen LogP contribution in [0.3, 0.4) is 0 Å². The van der Waals surface area contributed by atoms with E-state index in [0.29, 0.717) is 17.0 Å². The maximum Gasteiger partial charge on any atom is 0.295 e. The Morgan fingerprint density at radius 1 is 1.08 bits per heavy atom. The van der Waals surface area contributed by atoms with Gasteiger partial charge in [-0.1, -0.05) is 51.3 Å². The van der Waals surface area contributed by atoms with Crippen LogP contribution in [0.5, 0.6) is 5.75 Å².